The van der Waals surface area contributed by atoms with Gasteiger partial charge in [0.05, 0.1) is 10.0 Å². The molecule has 1 atom stereocenters. The van der Waals surface area contributed by atoms with Crippen molar-refractivity contribution in [1.29, 1.82) is 0 Å². The van der Waals surface area contributed by atoms with Gasteiger partial charge in [-0.1, -0.05) is 34.7 Å². The number of hydrogen-bond donors (Lipinski definition) is 1. The summed E-state index contributed by atoms with van der Waals surface area (Å²) in [6.07, 6.45) is 0. The smallest absolute Gasteiger partial charge is 0.116 e. The first-order valence-electron chi connectivity index (χ1n) is 4.90. The second-order valence-electron chi connectivity index (χ2n) is 3.87. The van der Waals surface area contributed by atoms with Gasteiger partial charge in [0, 0.05) is 16.3 Å². The predicted octanol–water partition coefficient (Wildman–Crippen LogP) is 3.37. The Morgan fingerprint density at radius 3 is 3.13 bits per heavy atom. The van der Waals surface area contributed by atoms with Gasteiger partial charge in [0.2, 0.25) is 0 Å². The minimum Gasteiger partial charge on any atom is -0.362 e. The van der Waals surface area contributed by atoms with Gasteiger partial charge in [-0.2, -0.15) is 0 Å². The van der Waals surface area contributed by atoms with E-state index in [0.717, 1.165) is 12.4 Å². The van der Waals surface area contributed by atoms with Crippen molar-refractivity contribution in [1.82, 2.24) is 0 Å². The zero-order valence-electron chi connectivity index (χ0n) is 8.63. The number of rotatable bonds is 0. The number of fused-ring (bicyclic) bond motifs is 1. The van der Waals surface area contributed by atoms with Crippen LogP contribution in [-0.4, -0.2) is 22.5 Å². The Morgan fingerprint density at radius 2 is 2.27 bits per heavy atom. The van der Waals surface area contributed by atoms with Gasteiger partial charge in [0.25, 0.3) is 0 Å². The molecule has 0 saturated heterocycles. The Kier molecular flexibility index (Phi) is 3.79. The molecule has 0 amide bonds. The summed E-state index contributed by atoms with van der Waals surface area (Å²) in [6.45, 7) is 3.62. The van der Waals surface area contributed by atoms with Crippen molar-refractivity contribution in [3.05, 3.63) is 24.3 Å². The van der Waals surface area contributed by atoms with E-state index >= 15 is 0 Å². The SMILES string of the molecule is CC1(I)COCNc2ccccc2SC1. The first kappa shape index (κ1) is 11.5. The molecule has 1 unspecified atom stereocenters. The highest BCUT2D eigenvalue weighted by atomic mass is 127. The van der Waals surface area contributed by atoms with Gasteiger partial charge >= 0.3 is 0 Å². The van der Waals surface area contributed by atoms with E-state index in [9.17, 15) is 0 Å². The van der Waals surface area contributed by atoms with Crippen molar-refractivity contribution in [2.75, 3.05) is 24.4 Å². The molecule has 1 heterocycles. The van der Waals surface area contributed by atoms with Crippen LogP contribution in [0.5, 0.6) is 0 Å². The summed E-state index contributed by atoms with van der Waals surface area (Å²) in [6, 6.07) is 8.39. The van der Waals surface area contributed by atoms with Crippen molar-refractivity contribution >= 4 is 40.0 Å². The number of anilines is 1. The number of halogens is 1. The minimum absolute atomic E-state index is 0.210. The summed E-state index contributed by atoms with van der Waals surface area (Å²) in [7, 11) is 0. The highest BCUT2D eigenvalue weighted by Gasteiger charge is 2.22. The van der Waals surface area contributed by atoms with Crippen LogP contribution in [0, 0.1) is 0 Å². The fourth-order valence-corrected chi connectivity index (χ4v) is 3.10. The molecule has 0 aliphatic carbocycles. The van der Waals surface area contributed by atoms with E-state index in [4.69, 9.17) is 4.74 Å². The van der Waals surface area contributed by atoms with Crippen LogP contribution in [0.15, 0.2) is 29.2 Å². The molecule has 1 N–H and O–H groups in total. The fraction of sp³-hybridized carbons (Fsp3) is 0.455. The number of benzene rings is 1. The molecule has 0 saturated carbocycles. The number of ether oxygens (including phenoxy) is 1. The molecule has 15 heavy (non-hydrogen) atoms. The molecule has 1 aromatic rings. The molecule has 1 aromatic carbocycles. The normalized spacial score (nSPS) is 26.8. The van der Waals surface area contributed by atoms with Crippen LogP contribution >= 0.6 is 34.4 Å². The second kappa shape index (κ2) is 4.93. The summed E-state index contributed by atoms with van der Waals surface area (Å²) in [5, 5.41) is 3.30. The predicted molar refractivity (Wildman–Crippen MR) is 74.0 cm³/mol. The van der Waals surface area contributed by atoms with E-state index in [-0.39, 0.29) is 3.42 Å². The van der Waals surface area contributed by atoms with Crippen molar-refractivity contribution in [2.24, 2.45) is 0 Å². The topological polar surface area (TPSA) is 21.3 Å². The molecular formula is C11H14INOS. The van der Waals surface area contributed by atoms with Gasteiger partial charge in [-0.25, -0.2) is 0 Å². The first-order chi connectivity index (χ1) is 7.17. The maximum Gasteiger partial charge on any atom is 0.116 e. The van der Waals surface area contributed by atoms with E-state index in [1.807, 2.05) is 17.8 Å². The van der Waals surface area contributed by atoms with E-state index in [1.165, 1.54) is 10.6 Å². The van der Waals surface area contributed by atoms with Crippen molar-refractivity contribution in [2.45, 2.75) is 15.2 Å². The summed E-state index contributed by atoms with van der Waals surface area (Å²) in [5.41, 5.74) is 1.18. The largest absolute Gasteiger partial charge is 0.362 e. The summed E-state index contributed by atoms with van der Waals surface area (Å²) in [4.78, 5) is 1.31. The average Bonchev–Trinajstić information content (AvgIpc) is 2.29. The fourth-order valence-electron chi connectivity index (χ4n) is 1.40. The molecule has 1 aliphatic rings. The van der Waals surface area contributed by atoms with Gasteiger partial charge in [0.15, 0.2) is 0 Å². The molecular weight excluding hydrogens is 321 g/mol. The number of nitrogens with one attached hydrogen (secondary N) is 1. The third kappa shape index (κ3) is 3.26. The minimum atomic E-state index is 0.210. The number of para-hydroxylation sites is 1. The quantitative estimate of drug-likeness (QED) is 0.580. The van der Waals surface area contributed by atoms with Gasteiger partial charge in [-0.15, -0.1) is 11.8 Å². The third-order valence-electron chi connectivity index (χ3n) is 2.18. The molecule has 0 aromatic heterocycles. The average molecular weight is 335 g/mol. The summed E-state index contributed by atoms with van der Waals surface area (Å²) >= 11 is 4.37. The lowest BCUT2D eigenvalue weighted by molar-refractivity contribution is 0.141. The number of hydrogen-bond acceptors (Lipinski definition) is 3. The maximum absolute atomic E-state index is 5.59. The standard InChI is InChI=1S/C11H14INOS/c1-11(12)6-14-8-13-9-4-2-3-5-10(9)15-7-11/h2-5,13H,6-8H2,1H3. The van der Waals surface area contributed by atoms with Crippen LogP contribution in [-0.2, 0) is 4.74 Å². The monoisotopic (exact) mass is 335 g/mol. The van der Waals surface area contributed by atoms with E-state index < -0.39 is 0 Å². The lowest BCUT2D eigenvalue weighted by Crippen LogP contribution is -2.26. The third-order valence-corrected chi connectivity index (χ3v) is 4.84. The van der Waals surface area contributed by atoms with Crippen molar-refractivity contribution in [3.8, 4) is 0 Å². The van der Waals surface area contributed by atoms with Crippen LogP contribution in [0.4, 0.5) is 5.69 Å². The molecule has 0 spiro atoms. The van der Waals surface area contributed by atoms with Crippen LogP contribution < -0.4 is 5.32 Å². The summed E-state index contributed by atoms with van der Waals surface area (Å²) in [5.74, 6) is 1.08. The van der Waals surface area contributed by atoms with Gasteiger partial charge in [-0.05, 0) is 19.1 Å². The Balaban J connectivity index is 2.19. The van der Waals surface area contributed by atoms with Crippen LogP contribution in [0.25, 0.3) is 0 Å². The Labute approximate surface area is 108 Å². The van der Waals surface area contributed by atoms with E-state index in [0.29, 0.717) is 6.73 Å². The van der Waals surface area contributed by atoms with Crippen molar-refractivity contribution in [3.63, 3.8) is 0 Å². The highest BCUT2D eigenvalue weighted by molar-refractivity contribution is 14.1. The van der Waals surface area contributed by atoms with Gasteiger partial charge < -0.3 is 10.1 Å². The molecule has 4 heteroatoms. The Morgan fingerprint density at radius 1 is 1.47 bits per heavy atom. The molecule has 0 radical (unpaired) electrons. The maximum atomic E-state index is 5.59. The number of thioether (sulfide) groups is 1. The second-order valence-corrected chi connectivity index (χ2v) is 7.49. The van der Waals surface area contributed by atoms with E-state index in [2.05, 4.69) is 53.0 Å². The van der Waals surface area contributed by atoms with Gasteiger partial charge in [-0.3, -0.25) is 0 Å². The lowest BCUT2D eigenvalue weighted by atomic mass is 10.2. The molecule has 0 fully saturated rings. The van der Waals surface area contributed by atoms with Crippen LogP contribution in [0.3, 0.4) is 0 Å². The van der Waals surface area contributed by atoms with Crippen molar-refractivity contribution < 1.29 is 4.74 Å². The molecule has 2 nitrogen and oxygen atoms in total. The summed E-state index contributed by atoms with van der Waals surface area (Å²) < 4.78 is 5.80. The Bertz CT molecular complexity index is 343. The van der Waals surface area contributed by atoms with Gasteiger partial charge in [0.1, 0.15) is 6.73 Å². The molecule has 1 aliphatic heterocycles. The highest BCUT2D eigenvalue weighted by Crippen LogP contribution is 2.34. The van der Waals surface area contributed by atoms with E-state index in [1.54, 1.807) is 0 Å². The van der Waals surface area contributed by atoms with Crippen LogP contribution in [0.2, 0.25) is 0 Å². The molecule has 82 valence electrons. The zero-order valence-corrected chi connectivity index (χ0v) is 11.6. The number of alkyl halides is 1. The zero-order chi connectivity index (χ0) is 10.7. The molecule has 0 bridgehead atoms. The Hall–Kier alpha value is 0.0600. The van der Waals surface area contributed by atoms with Crippen LogP contribution in [0.1, 0.15) is 6.92 Å². The first-order valence-corrected chi connectivity index (χ1v) is 6.96. The lowest BCUT2D eigenvalue weighted by Gasteiger charge is -2.20. The molecule has 2 rings (SSSR count).